The second kappa shape index (κ2) is 8.74. The van der Waals surface area contributed by atoms with Gasteiger partial charge in [-0.25, -0.2) is 0 Å². The van der Waals surface area contributed by atoms with Crippen LogP contribution in [0.2, 0.25) is 0 Å². The Bertz CT molecular complexity index is 997. The predicted octanol–water partition coefficient (Wildman–Crippen LogP) is 7.05. The monoisotopic (exact) mass is 432 g/mol. The molecule has 6 bridgehead atoms. The molecule has 0 spiro atoms. The van der Waals surface area contributed by atoms with Gasteiger partial charge in [0, 0.05) is 34.1 Å². The van der Waals surface area contributed by atoms with E-state index < -0.39 is 0 Å². The number of fused-ring (bicyclic) bond motifs is 1. The Kier molecular flexibility index (Phi) is 5.70. The van der Waals surface area contributed by atoms with Crippen LogP contribution in [0.25, 0.3) is 22.5 Å². The average molecular weight is 433 g/mol. The second-order valence-corrected chi connectivity index (χ2v) is 9.66. The van der Waals surface area contributed by atoms with Gasteiger partial charge in [0.15, 0.2) is 0 Å². The number of benzene rings is 3. The minimum absolute atomic E-state index is 0.977. The Morgan fingerprint density at radius 3 is 1.10 bits per heavy atom. The molecule has 2 nitrogen and oxygen atoms in total. The van der Waals surface area contributed by atoms with Crippen LogP contribution in [0.4, 0.5) is 0 Å². The van der Waals surface area contributed by atoms with Crippen molar-refractivity contribution in [2.45, 2.75) is 23.0 Å². The van der Waals surface area contributed by atoms with Crippen molar-refractivity contribution >= 4 is 35.3 Å². The van der Waals surface area contributed by atoms with Crippen LogP contribution in [0.3, 0.4) is 0 Å². The van der Waals surface area contributed by atoms with Crippen molar-refractivity contribution < 1.29 is 0 Å². The third-order valence-electron chi connectivity index (χ3n) is 5.04. The highest BCUT2D eigenvalue weighted by Gasteiger charge is 2.13. The highest BCUT2D eigenvalue weighted by molar-refractivity contribution is 7.98. The topological polar surface area (TPSA) is 25.8 Å². The lowest BCUT2D eigenvalue weighted by Gasteiger charge is -2.08. The minimum atomic E-state index is 0.977. The van der Waals surface area contributed by atoms with E-state index in [-0.39, 0.29) is 0 Å². The minimum Gasteiger partial charge on any atom is -0.172 e. The van der Waals surface area contributed by atoms with Gasteiger partial charge in [-0.2, -0.15) is 32.3 Å². The molecule has 0 saturated carbocycles. The fourth-order valence-electron chi connectivity index (χ4n) is 3.39. The third kappa shape index (κ3) is 4.42. The van der Waals surface area contributed by atoms with Crippen LogP contribution in [0.5, 0.6) is 0 Å². The van der Waals surface area contributed by atoms with E-state index in [1.54, 1.807) is 0 Å². The Morgan fingerprint density at radius 2 is 0.759 bits per heavy atom. The molecule has 5 aliphatic rings. The molecule has 0 fully saturated rings. The van der Waals surface area contributed by atoms with Crippen molar-refractivity contribution in [2.75, 3.05) is 0 Å². The molecule has 0 aliphatic carbocycles. The molecule has 0 N–H and O–H groups in total. The highest BCUT2D eigenvalue weighted by Crippen LogP contribution is 2.32. The number of hydrogen-bond donors (Lipinski definition) is 0. The molecule has 4 aromatic rings. The molecule has 0 amide bonds. The standard InChI is InChI=1S/C24H20N2S3/c1-2-18-4-3-17(1)13-27-15-19-5-9-21(10-6-19)23-24(26-29-25-23)22-11-7-20(8-12-22)16-28-14-18/h1-12H,13-16H2. The molecule has 9 rings (SSSR count). The molecular formula is C24H20N2S3. The molecule has 6 heterocycles. The summed E-state index contributed by atoms with van der Waals surface area (Å²) >= 11 is 5.20. The van der Waals surface area contributed by atoms with Gasteiger partial charge in [-0.05, 0) is 22.3 Å². The van der Waals surface area contributed by atoms with Crippen molar-refractivity contribution in [3.8, 4) is 22.5 Å². The first kappa shape index (κ1) is 18.9. The third-order valence-corrected chi connectivity index (χ3v) is 7.72. The number of hydrogen-bond acceptors (Lipinski definition) is 5. The molecule has 1 aromatic heterocycles. The van der Waals surface area contributed by atoms with Gasteiger partial charge in [-0.1, -0.05) is 72.8 Å². The summed E-state index contributed by atoms with van der Waals surface area (Å²) < 4.78 is 9.17. The van der Waals surface area contributed by atoms with Crippen molar-refractivity contribution in [3.05, 3.63) is 95.1 Å². The van der Waals surface area contributed by atoms with Crippen molar-refractivity contribution in [3.63, 3.8) is 0 Å². The van der Waals surface area contributed by atoms with Gasteiger partial charge in [-0.3, -0.25) is 0 Å². The quantitative estimate of drug-likeness (QED) is 0.297. The Labute approximate surface area is 184 Å². The maximum atomic E-state index is 4.58. The molecule has 144 valence electrons. The molecule has 0 saturated heterocycles. The average Bonchev–Trinajstić information content (AvgIpc) is 3.25. The SMILES string of the molecule is c1cc2ccc1CSCc1ccc(cc1)-c1nsnc1-c1ccc(cc1)CSC2. The zero-order valence-electron chi connectivity index (χ0n) is 15.9. The van der Waals surface area contributed by atoms with Crippen LogP contribution in [0.15, 0.2) is 72.8 Å². The van der Waals surface area contributed by atoms with Gasteiger partial charge in [0.2, 0.25) is 0 Å². The first-order valence-corrected chi connectivity index (χ1v) is 12.6. The molecule has 0 atom stereocenters. The number of nitrogens with zero attached hydrogens (tertiary/aromatic N) is 2. The van der Waals surface area contributed by atoms with E-state index in [1.165, 1.54) is 34.0 Å². The lowest BCUT2D eigenvalue weighted by atomic mass is 10.0. The summed E-state index contributed by atoms with van der Waals surface area (Å²) in [6.07, 6.45) is 0. The summed E-state index contributed by atoms with van der Waals surface area (Å²) in [6, 6.07) is 26.7. The van der Waals surface area contributed by atoms with Gasteiger partial charge in [0.1, 0.15) is 11.4 Å². The fraction of sp³-hybridized carbons (Fsp3) is 0.167. The van der Waals surface area contributed by atoms with E-state index in [0.717, 1.165) is 45.5 Å². The smallest absolute Gasteiger partial charge is 0.112 e. The molecule has 0 radical (unpaired) electrons. The molecule has 29 heavy (non-hydrogen) atoms. The maximum absolute atomic E-state index is 4.58. The zero-order valence-corrected chi connectivity index (χ0v) is 18.3. The van der Waals surface area contributed by atoms with Gasteiger partial charge >= 0.3 is 0 Å². The van der Waals surface area contributed by atoms with Crippen LogP contribution in [-0.2, 0) is 23.0 Å². The number of rotatable bonds is 0. The fourth-order valence-corrected chi connectivity index (χ4v) is 5.89. The Morgan fingerprint density at radius 1 is 0.448 bits per heavy atom. The normalized spacial score (nSPS) is 14.1. The maximum Gasteiger partial charge on any atom is 0.112 e. The number of thioether (sulfide) groups is 2. The molecule has 0 unspecified atom stereocenters. The Balaban J connectivity index is 1.48. The van der Waals surface area contributed by atoms with Crippen molar-refractivity contribution in [1.82, 2.24) is 8.75 Å². The van der Waals surface area contributed by atoms with Gasteiger partial charge in [0.25, 0.3) is 0 Å². The van der Waals surface area contributed by atoms with Crippen LogP contribution < -0.4 is 0 Å². The first-order valence-electron chi connectivity index (χ1n) is 9.60. The molecular weight excluding hydrogens is 412 g/mol. The van der Waals surface area contributed by atoms with Crippen LogP contribution in [-0.4, -0.2) is 8.75 Å². The Hall–Kier alpha value is -2.08. The van der Waals surface area contributed by atoms with Crippen LogP contribution >= 0.6 is 35.3 Å². The van der Waals surface area contributed by atoms with Crippen LogP contribution in [0.1, 0.15) is 22.3 Å². The summed E-state index contributed by atoms with van der Waals surface area (Å²) in [6.45, 7) is 0. The van der Waals surface area contributed by atoms with E-state index in [1.807, 2.05) is 23.5 Å². The summed E-state index contributed by atoms with van der Waals surface area (Å²) in [4.78, 5) is 0. The lowest BCUT2D eigenvalue weighted by Crippen LogP contribution is -1.89. The molecule has 5 aliphatic heterocycles. The van der Waals surface area contributed by atoms with Gasteiger partial charge in [0.05, 0.1) is 11.7 Å². The highest BCUT2D eigenvalue weighted by atomic mass is 32.2. The predicted molar refractivity (Wildman–Crippen MR) is 127 cm³/mol. The summed E-state index contributed by atoms with van der Waals surface area (Å²) in [5.74, 6) is 4.12. The summed E-state index contributed by atoms with van der Waals surface area (Å²) in [7, 11) is 0. The van der Waals surface area contributed by atoms with Crippen molar-refractivity contribution in [1.29, 1.82) is 0 Å². The molecule has 5 heteroatoms. The van der Waals surface area contributed by atoms with Gasteiger partial charge < -0.3 is 0 Å². The van der Waals surface area contributed by atoms with E-state index in [2.05, 4.69) is 81.5 Å². The number of aromatic nitrogens is 2. The van der Waals surface area contributed by atoms with E-state index in [9.17, 15) is 0 Å². The van der Waals surface area contributed by atoms with Crippen molar-refractivity contribution in [2.24, 2.45) is 0 Å². The van der Waals surface area contributed by atoms with Gasteiger partial charge in [-0.15, -0.1) is 0 Å². The van der Waals surface area contributed by atoms with E-state index in [0.29, 0.717) is 0 Å². The second-order valence-electron chi connectivity index (χ2n) is 7.16. The first-order chi connectivity index (χ1) is 14.3. The summed E-state index contributed by atoms with van der Waals surface area (Å²) in [5, 5.41) is 0. The largest absolute Gasteiger partial charge is 0.172 e. The van der Waals surface area contributed by atoms with E-state index >= 15 is 0 Å². The van der Waals surface area contributed by atoms with Crippen LogP contribution in [0, 0.1) is 0 Å². The zero-order chi connectivity index (χ0) is 19.5. The van der Waals surface area contributed by atoms with E-state index in [4.69, 9.17) is 0 Å². The molecule has 3 aromatic carbocycles. The summed E-state index contributed by atoms with van der Waals surface area (Å²) in [5.41, 5.74) is 9.69. The lowest BCUT2D eigenvalue weighted by molar-refractivity contribution is 1.32.